The number of hydrogen-bond donors (Lipinski definition) is 2. The van der Waals surface area contributed by atoms with Crippen LogP contribution in [-0.2, 0) is 6.54 Å². The molecule has 100 valence electrons. The van der Waals surface area contributed by atoms with Crippen molar-refractivity contribution in [3.63, 3.8) is 0 Å². The Bertz CT molecular complexity index is 412. The van der Waals surface area contributed by atoms with Gasteiger partial charge in [-0.1, -0.05) is 5.16 Å². The summed E-state index contributed by atoms with van der Waals surface area (Å²) in [6.07, 6.45) is 2.64. The molecule has 0 unspecified atom stereocenters. The van der Waals surface area contributed by atoms with E-state index in [-0.39, 0.29) is 5.69 Å². The lowest BCUT2D eigenvalue weighted by Crippen LogP contribution is -2.32. The SMILES string of the molecule is CC(C)N(Cc1cc(C(=O)NN)no1)CC1CC1. The molecule has 3 N–H and O–H groups in total. The Morgan fingerprint density at radius 3 is 2.94 bits per heavy atom. The van der Waals surface area contributed by atoms with Crippen LogP contribution in [0, 0.1) is 5.92 Å². The lowest BCUT2D eigenvalue weighted by atomic mass is 10.2. The van der Waals surface area contributed by atoms with E-state index in [1.165, 1.54) is 12.8 Å². The molecule has 0 aliphatic heterocycles. The normalized spacial score (nSPS) is 15.4. The third-order valence-corrected chi connectivity index (χ3v) is 3.20. The fourth-order valence-corrected chi connectivity index (χ4v) is 1.86. The molecule has 0 bridgehead atoms. The second kappa shape index (κ2) is 5.49. The molecule has 0 radical (unpaired) electrons. The number of aromatic nitrogens is 1. The minimum absolute atomic E-state index is 0.225. The Balaban J connectivity index is 1.97. The van der Waals surface area contributed by atoms with Gasteiger partial charge in [0.1, 0.15) is 0 Å². The molecule has 1 heterocycles. The molecule has 0 saturated heterocycles. The third kappa shape index (κ3) is 3.30. The van der Waals surface area contributed by atoms with Crippen LogP contribution >= 0.6 is 0 Å². The van der Waals surface area contributed by atoms with Crippen molar-refractivity contribution in [2.45, 2.75) is 39.3 Å². The summed E-state index contributed by atoms with van der Waals surface area (Å²) in [5, 5.41) is 3.70. The minimum atomic E-state index is -0.428. The van der Waals surface area contributed by atoms with E-state index in [1.807, 2.05) is 5.43 Å². The van der Waals surface area contributed by atoms with Gasteiger partial charge < -0.3 is 4.52 Å². The van der Waals surface area contributed by atoms with Crippen molar-refractivity contribution in [2.75, 3.05) is 6.54 Å². The number of carbonyl (C=O) groups excluding carboxylic acids is 1. The fraction of sp³-hybridized carbons (Fsp3) is 0.667. The first kappa shape index (κ1) is 13.0. The number of nitrogen functional groups attached to an aromatic ring is 1. The molecule has 18 heavy (non-hydrogen) atoms. The Labute approximate surface area is 106 Å². The molecule has 0 aromatic carbocycles. The summed E-state index contributed by atoms with van der Waals surface area (Å²) in [5.74, 6) is 6.14. The molecule has 6 nitrogen and oxygen atoms in total. The number of nitrogens with zero attached hydrogens (tertiary/aromatic N) is 2. The molecular formula is C12H20N4O2. The van der Waals surface area contributed by atoms with Gasteiger partial charge in [-0.05, 0) is 32.6 Å². The van der Waals surface area contributed by atoms with Crippen LogP contribution in [0.15, 0.2) is 10.6 Å². The zero-order valence-corrected chi connectivity index (χ0v) is 10.8. The van der Waals surface area contributed by atoms with E-state index < -0.39 is 5.91 Å². The number of hydrazine groups is 1. The lowest BCUT2D eigenvalue weighted by Gasteiger charge is -2.24. The van der Waals surface area contributed by atoms with Gasteiger partial charge in [-0.3, -0.25) is 15.1 Å². The maximum atomic E-state index is 11.3. The van der Waals surface area contributed by atoms with Crippen molar-refractivity contribution >= 4 is 5.91 Å². The molecule has 2 rings (SSSR count). The Hall–Kier alpha value is -1.40. The van der Waals surface area contributed by atoms with Crippen LogP contribution in [0.4, 0.5) is 0 Å². The topological polar surface area (TPSA) is 84.4 Å². The standard InChI is InChI=1S/C12H20N4O2/c1-8(2)16(6-9-3-4-9)7-10-5-11(15-18-10)12(17)14-13/h5,8-9H,3-4,6-7,13H2,1-2H3,(H,14,17). The highest BCUT2D eigenvalue weighted by molar-refractivity contribution is 5.91. The second-order valence-electron chi connectivity index (χ2n) is 5.12. The van der Waals surface area contributed by atoms with Gasteiger partial charge in [0.2, 0.25) is 0 Å². The molecule has 1 aromatic heterocycles. The summed E-state index contributed by atoms with van der Waals surface area (Å²) in [6.45, 7) is 6.08. The largest absolute Gasteiger partial charge is 0.359 e. The fourth-order valence-electron chi connectivity index (χ4n) is 1.86. The highest BCUT2D eigenvalue weighted by atomic mass is 16.5. The van der Waals surface area contributed by atoms with E-state index >= 15 is 0 Å². The number of hydrogen-bond acceptors (Lipinski definition) is 5. The molecule has 1 fully saturated rings. The first-order valence-electron chi connectivity index (χ1n) is 6.30. The van der Waals surface area contributed by atoms with E-state index in [1.54, 1.807) is 6.07 Å². The quantitative estimate of drug-likeness (QED) is 0.446. The number of rotatable bonds is 6. The zero-order chi connectivity index (χ0) is 13.1. The van der Waals surface area contributed by atoms with E-state index in [0.29, 0.717) is 18.3 Å². The second-order valence-corrected chi connectivity index (χ2v) is 5.12. The van der Waals surface area contributed by atoms with Gasteiger partial charge in [0.15, 0.2) is 11.5 Å². The summed E-state index contributed by atoms with van der Waals surface area (Å²) < 4.78 is 5.16. The number of nitrogens with two attached hydrogens (primary N) is 1. The van der Waals surface area contributed by atoms with Gasteiger partial charge >= 0.3 is 0 Å². The first-order valence-corrected chi connectivity index (χ1v) is 6.30. The summed E-state index contributed by atoms with van der Waals surface area (Å²) >= 11 is 0. The maximum absolute atomic E-state index is 11.3. The Morgan fingerprint density at radius 1 is 1.67 bits per heavy atom. The Morgan fingerprint density at radius 2 is 2.39 bits per heavy atom. The summed E-state index contributed by atoms with van der Waals surface area (Å²) in [6, 6.07) is 2.09. The molecule has 1 aliphatic carbocycles. The lowest BCUT2D eigenvalue weighted by molar-refractivity contribution is 0.0944. The average molecular weight is 252 g/mol. The van der Waals surface area contributed by atoms with Crippen molar-refractivity contribution in [3.8, 4) is 0 Å². The molecule has 0 atom stereocenters. The smallest absolute Gasteiger partial charge is 0.287 e. The highest BCUT2D eigenvalue weighted by Gasteiger charge is 2.26. The van der Waals surface area contributed by atoms with Crippen molar-refractivity contribution in [1.82, 2.24) is 15.5 Å². The zero-order valence-electron chi connectivity index (χ0n) is 10.8. The summed E-state index contributed by atoms with van der Waals surface area (Å²) in [5.41, 5.74) is 2.26. The van der Waals surface area contributed by atoms with Gasteiger partial charge in [-0.25, -0.2) is 5.84 Å². The van der Waals surface area contributed by atoms with Crippen LogP contribution in [-0.4, -0.2) is 28.6 Å². The van der Waals surface area contributed by atoms with Crippen LogP contribution < -0.4 is 11.3 Å². The Kier molecular flexibility index (Phi) is 3.98. The monoisotopic (exact) mass is 252 g/mol. The summed E-state index contributed by atoms with van der Waals surface area (Å²) in [7, 11) is 0. The van der Waals surface area contributed by atoms with Gasteiger partial charge in [0, 0.05) is 18.7 Å². The van der Waals surface area contributed by atoms with Crippen molar-refractivity contribution < 1.29 is 9.32 Å². The molecular weight excluding hydrogens is 232 g/mol. The van der Waals surface area contributed by atoms with Gasteiger partial charge in [-0.15, -0.1) is 0 Å². The molecule has 6 heteroatoms. The molecule has 1 amide bonds. The first-order chi connectivity index (χ1) is 8.60. The highest BCUT2D eigenvalue weighted by Crippen LogP contribution is 2.30. The van der Waals surface area contributed by atoms with E-state index in [4.69, 9.17) is 10.4 Å². The molecule has 1 aromatic rings. The van der Waals surface area contributed by atoms with Crippen LogP contribution in [0.1, 0.15) is 42.9 Å². The number of carbonyl (C=O) groups is 1. The maximum Gasteiger partial charge on any atom is 0.287 e. The van der Waals surface area contributed by atoms with E-state index in [9.17, 15) is 4.79 Å². The van der Waals surface area contributed by atoms with Gasteiger partial charge in [0.25, 0.3) is 5.91 Å². The van der Waals surface area contributed by atoms with Crippen LogP contribution in [0.2, 0.25) is 0 Å². The average Bonchev–Trinajstić information content (AvgIpc) is 3.04. The van der Waals surface area contributed by atoms with Crippen molar-refractivity contribution in [1.29, 1.82) is 0 Å². The van der Waals surface area contributed by atoms with Crippen LogP contribution in [0.25, 0.3) is 0 Å². The van der Waals surface area contributed by atoms with Crippen molar-refractivity contribution in [2.24, 2.45) is 11.8 Å². The number of amides is 1. The minimum Gasteiger partial charge on any atom is -0.359 e. The van der Waals surface area contributed by atoms with E-state index in [0.717, 1.165) is 12.5 Å². The number of nitrogens with one attached hydrogen (secondary N) is 1. The van der Waals surface area contributed by atoms with E-state index in [2.05, 4.69) is 23.9 Å². The van der Waals surface area contributed by atoms with Crippen LogP contribution in [0.5, 0.6) is 0 Å². The van der Waals surface area contributed by atoms with Gasteiger partial charge in [-0.2, -0.15) is 0 Å². The molecule has 0 spiro atoms. The summed E-state index contributed by atoms with van der Waals surface area (Å²) in [4.78, 5) is 13.6. The van der Waals surface area contributed by atoms with Crippen LogP contribution in [0.3, 0.4) is 0 Å². The van der Waals surface area contributed by atoms with Gasteiger partial charge in [0.05, 0.1) is 6.54 Å². The predicted octanol–water partition coefficient (Wildman–Crippen LogP) is 0.899. The third-order valence-electron chi connectivity index (χ3n) is 3.20. The van der Waals surface area contributed by atoms with Crippen molar-refractivity contribution in [3.05, 3.63) is 17.5 Å². The molecule has 1 saturated carbocycles. The molecule has 1 aliphatic rings. The predicted molar refractivity (Wildman–Crippen MR) is 66.4 cm³/mol.